The van der Waals surface area contributed by atoms with Gasteiger partial charge in [-0.1, -0.05) is 69.8 Å². The largest absolute Gasteiger partial charge is 0.508 e. The van der Waals surface area contributed by atoms with Crippen molar-refractivity contribution < 1.29 is 34.6 Å². The van der Waals surface area contributed by atoms with Crippen LogP contribution in [-0.4, -0.2) is 132 Å². The van der Waals surface area contributed by atoms with E-state index >= 15 is 0 Å². The Bertz CT molecular complexity index is 1740. The number of hydrogen-bond acceptors (Lipinski definition) is 11. The highest BCUT2D eigenvalue weighted by molar-refractivity contribution is 5.72. The van der Waals surface area contributed by atoms with Gasteiger partial charge in [-0.3, -0.25) is 19.6 Å². The van der Waals surface area contributed by atoms with Gasteiger partial charge in [0, 0.05) is 87.7 Å². The van der Waals surface area contributed by atoms with Crippen LogP contribution in [0, 0.1) is 0 Å². The number of hydrogen-bond donors (Lipinski definition) is 4. The predicted molar refractivity (Wildman–Crippen MR) is 251 cm³/mol. The van der Waals surface area contributed by atoms with Gasteiger partial charge in [-0.25, -0.2) is 0 Å². The molecule has 0 saturated carbocycles. The molecule has 0 aromatic heterocycles. The van der Waals surface area contributed by atoms with E-state index in [-0.39, 0.29) is 14.9 Å². The molecule has 4 heterocycles. The van der Waals surface area contributed by atoms with Gasteiger partial charge in [-0.15, -0.1) is 0 Å². The molecule has 0 radical (unpaired) electrons. The van der Waals surface area contributed by atoms with Crippen LogP contribution in [0.1, 0.15) is 78.6 Å². The summed E-state index contributed by atoms with van der Waals surface area (Å²) < 4.78 is 16.2. The number of rotatable bonds is 12. The normalized spacial score (nSPS) is 18.2. The summed E-state index contributed by atoms with van der Waals surface area (Å²) in [6, 6.07) is 23.0. The van der Waals surface area contributed by atoms with Gasteiger partial charge in [0.05, 0.1) is 39.6 Å². The number of piperidine rings is 1. The van der Waals surface area contributed by atoms with Gasteiger partial charge in [0.1, 0.15) is 23.0 Å². The fourth-order valence-corrected chi connectivity index (χ4v) is 8.09. The highest BCUT2D eigenvalue weighted by atomic mass is 16.5. The molecule has 4 aromatic rings. The minimum Gasteiger partial charge on any atom is -0.508 e. The Morgan fingerprint density at radius 2 is 0.597 bits per heavy atom. The van der Waals surface area contributed by atoms with Gasteiger partial charge >= 0.3 is 0 Å². The second-order valence-electron chi connectivity index (χ2n) is 16.2. The summed E-state index contributed by atoms with van der Waals surface area (Å²) >= 11 is 0. The van der Waals surface area contributed by atoms with Gasteiger partial charge in [0.25, 0.3) is 0 Å². The molecule has 8 rings (SSSR count). The molecule has 4 aliphatic rings. The van der Waals surface area contributed by atoms with E-state index in [9.17, 15) is 20.4 Å². The minimum absolute atomic E-state index is 0. The summed E-state index contributed by atoms with van der Waals surface area (Å²) in [6.45, 7) is 15.0. The molecule has 4 N–H and O–H groups in total. The van der Waals surface area contributed by atoms with Crippen molar-refractivity contribution in [3.63, 3.8) is 0 Å². The topological polar surface area (TPSA) is 122 Å². The first-order valence-electron chi connectivity index (χ1n) is 21.6. The molecule has 0 unspecified atom stereocenters. The predicted octanol–water partition coefficient (Wildman–Crippen LogP) is 8.29. The molecule has 4 aliphatic heterocycles. The third-order valence-electron chi connectivity index (χ3n) is 11.7. The highest BCUT2D eigenvalue weighted by Gasteiger charge is 2.17. The maximum absolute atomic E-state index is 10.3. The smallest absolute Gasteiger partial charge is 0.120 e. The Balaban J connectivity index is 0.000000227. The zero-order valence-electron chi connectivity index (χ0n) is 34.9. The summed E-state index contributed by atoms with van der Waals surface area (Å²) in [5.41, 5.74) is 7.99. The number of ether oxygens (including phenoxy) is 3. The monoisotopic (exact) mass is 851 g/mol. The van der Waals surface area contributed by atoms with Gasteiger partial charge in [-0.05, 0) is 96.7 Å². The van der Waals surface area contributed by atoms with Crippen LogP contribution in [0.2, 0.25) is 0 Å². The SMILES string of the molecule is C.C.Oc1ccc(/C=C/c2ccc(O)c(CN3CCOCC3)c2)cc1CN1CCCCC1.Oc1ccc(/C=C\c2ccc(O)c(CN3CCOCC3)c2)cc1CN1CCOCC1. The summed E-state index contributed by atoms with van der Waals surface area (Å²) in [6.07, 6.45) is 12.0. The van der Waals surface area contributed by atoms with Gasteiger partial charge in [-0.2, -0.15) is 0 Å². The second kappa shape index (κ2) is 24.8. The first kappa shape index (κ1) is 48.3. The lowest BCUT2D eigenvalue weighted by Crippen LogP contribution is -2.35. The number of nitrogens with zero attached hydrogens (tertiary/aromatic N) is 4. The third kappa shape index (κ3) is 14.7. The van der Waals surface area contributed by atoms with Crippen molar-refractivity contribution in [1.29, 1.82) is 0 Å². The summed E-state index contributed by atoms with van der Waals surface area (Å²) in [7, 11) is 0. The maximum Gasteiger partial charge on any atom is 0.120 e. The number of phenols is 4. The van der Waals surface area contributed by atoms with Gasteiger partial charge in [0.15, 0.2) is 0 Å². The van der Waals surface area contributed by atoms with Crippen LogP contribution in [0.5, 0.6) is 23.0 Å². The minimum atomic E-state index is 0. The molecular formula is C51H70N4O7. The number of morpholine rings is 3. The summed E-state index contributed by atoms with van der Waals surface area (Å²) in [5.74, 6) is 1.37. The van der Waals surface area contributed by atoms with E-state index in [0.717, 1.165) is 163 Å². The van der Waals surface area contributed by atoms with E-state index < -0.39 is 0 Å². The molecule has 336 valence electrons. The van der Waals surface area contributed by atoms with Crippen LogP contribution in [0.25, 0.3) is 24.3 Å². The number of benzene rings is 4. The quantitative estimate of drug-likeness (QED) is 0.103. The third-order valence-corrected chi connectivity index (χ3v) is 11.7. The molecule has 0 amide bonds. The number of phenolic OH excluding ortho intramolecular Hbond substituents is 4. The molecule has 0 aliphatic carbocycles. The van der Waals surface area contributed by atoms with Crippen LogP contribution in [0.3, 0.4) is 0 Å². The lowest BCUT2D eigenvalue weighted by atomic mass is 10.0. The molecule has 4 aromatic carbocycles. The molecule has 11 nitrogen and oxygen atoms in total. The van der Waals surface area contributed by atoms with Crippen LogP contribution >= 0.6 is 0 Å². The van der Waals surface area contributed by atoms with E-state index in [2.05, 4.69) is 43.9 Å². The Morgan fingerprint density at radius 3 is 0.855 bits per heavy atom. The molecule has 11 heteroatoms. The van der Waals surface area contributed by atoms with Crippen molar-refractivity contribution in [2.24, 2.45) is 0 Å². The lowest BCUT2D eigenvalue weighted by Gasteiger charge is -2.27. The molecule has 0 spiro atoms. The fraction of sp³-hybridized carbons (Fsp3) is 0.451. The fourth-order valence-electron chi connectivity index (χ4n) is 8.09. The van der Waals surface area contributed by atoms with E-state index in [1.165, 1.54) is 19.3 Å². The van der Waals surface area contributed by atoms with Crippen LogP contribution < -0.4 is 0 Å². The summed E-state index contributed by atoms with van der Waals surface area (Å²) in [5, 5.41) is 41.0. The van der Waals surface area contributed by atoms with Crippen molar-refractivity contribution in [2.45, 2.75) is 60.3 Å². The Morgan fingerprint density at radius 1 is 0.355 bits per heavy atom. The van der Waals surface area contributed by atoms with Crippen molar-refractivity contribution in [2.75, 3.05) is 92.0 Å². The molecular weight excluding hydrogens is 781 g/mol. The summed E-state index contributed by atoms with van der Waals surface area (Å²) in [4.78, 5) is 9.32. The average Bonchev–Trinajstić information content (AvgIpc) is 3.28. The van der Waals surface area contributed by atoms with Crippen molar-refractivity contribution >= 4 is 24.3 Å². The zero-order valence-corrected chi connectivity index (χ0v) is 34.9. The van der Waals surface area contributed by atoms with E-state index in [1.54, 1.807) is 24.3 Å². The Kier molecular flexibility index (Phi) is 19.3. The standard InChI is InChI=1S/C25H32N2O3.C24H30N2O4.2CH4/c28-24-8-6-20(16-22(24)18-26-10-2-1-3-11-26)4-5-21-7-9-25(29)23(17-21)19-27-12-14-30-15-13-27;27-23-5-3-19(15-21(23)17-25-7-11-29-12-8-25)1-2-20-4-6-24(28)22(16-20)18-26-9-13-30-14-10-26;;/h4-9,16-17,28-29H,1-3,10-15,18-19H2;1-6,15-16,27-28H,7-14,17-18H2;2*1H4/b5-4+;2-1-;;. The van der Waals surface area contributed by atoms with Crippen molar-refractivity contribution in [3.05, 3.63) is 117 Å². The van der Waals surface area contributed by atoms with Crippen LogP contribution in [0.4, 0.5) is 0 Å². The van der Waals surface area contributed by atoms with Crippen molar-refractivity contribution in [3.8, 4) is 23.0 Å². The maximum atomic E-state index is 10.3. The van der Waals surface area contributed by atoms with Crippen LogP contribution in [0.15, 0.2) is 72.8 Å². The molecule has 62 heavy (non-hydrogen) atoms. The second-order valence-corrected chi connectivity index (χ2v) is 16.2. The van der Waals surface area contributed by atoms with Crippen LogP contribution in [-0.2, 0) is 40.4 Å². The zero-order chi connectivity index (χ0) is 41.5. The van der Waals surface area contributed by atoms with E-state index in [0.29, 0.717) is 23.0 Å². The number of likely N-dealkylation sites (tertiary alicyclic amines) is 1. The highest BCUT2D eigenvalue weighted by Crippen LogP contribution is 2.27. The van der Waals surface area contributed by atoms with E-state index in [1.807, 2.05) is 48.6 Å². The Labute approximate surface area is 370 Å². The molecule has 4 fully saturated rings. The van der Waals surface area contributed by atoms with Gasteiger partial charge in [0.2, 0.25) is 0 Å². The number of aromatic hydroxyl groups is 4. The van der Waals surface area contributed by atoms with Gasteiger partial charge < -0.3 is 34.6 Å². The first-order valence-corrected chi connectivity index (χ1v) is 21.6. The van der Waals surface area contributed by atoms with E-state index in [4.69, 9.17) is 14.2 Å². The first-order chi connectivity index (χ1) is 29.3. The Hall–Kier alpha value is -4.72. The lowest BCUT2D eigenvalue weighted by molar-refractivity contribution is 0.0338. The molecule has 0 bridgehead atoms. The molecule has 4 saturated heterocycles. The molecule has 0 atom stereocenters. The van der Waals surface area contributed by atoms with Crippen molar-refractivity contribution in [1.82, 2.24) is 19.6 Å². The average molecular weight is 851 g/mol.